The average Bonchev–Trinajstić information content (AvgIpc) is 2.80. The highest BCUT2D eigenvalue weighted by molar-refractivity contribution is 5.95. The van der Waals surface area contributed by atoms with Crippen LogP contribution in [0.15, 0.2) is 61.1 Å². The minimum atomic E-state index is -0.264. The van der Waals surface area contributed by atoms with E-state index in [1.165, 1.54) is 11.1 Å². The topological polar surface area (TPSA) is 67.4 Å². The summed E-state index contributed by atoms with van der Waals surface area (Å²) >= 11 is 0. The van der Waals surface area contributed by atoms with Crippen molar-refractivity contribution in [2.75, 3.05) is 31.2 Å². The van der Waals surface area contributed by atoms with Crippen LogP contribution >= 0.6 is 0 Å². The molecule has 4 rings (SSSR count). The second kappa shape index (κ2) is 9.05. The first-order valence-electron chi connectivity index (χ1n) is 10.2. The molecule has 2 aromatic heterocycles. The van der Waals surface area contributed by atoms with Crippen molar-refractivity contribution in [2.45, 2.75) is 19.9 Å². The highest BCUT2D eigenvalue weighted by Crippen LogP contribution is 2.25. The van der Waals surface area contributed by atoms with Crippen LogP contribution in [-0.4, -0.2) is 42.2 Å². The van der Waals surface area contributed by atoms with Crippen molar-refractivity contribution in [3.63, 3.8) is 0 Å². The normalized spacial score (nSPS) is 14.9. The Kier molecular flexibility index (Phi) is 6.05. The van der Waals surface area contributed by atoms with E-state index in [4.69, 9.17) is 4.74 Å². The van der Waals surface area contributed by atoms with Crippen molar-refractivity contribution in [3.8, 4) is 0 Å². The van der Waals surface area contributed by atoms with Crippen LogP contribution in [0.5, 0.6) is 0 Å². The van der Waals surface area contributed by atoms with Crippen molar-refractivity contribution >= 4 is 11.7 Å². The van der Waals surface area contributed by atoms with Crippen LogP contribution in [0.3, 0.4) is 0 Å². The van der Waals surface area contributed by atoms with Gasteiger partial charge in [-0.15, -0.1) is 0 Å². The Morgan fingerprint density at radius 2 is 1.73 bits per heavy atom. The van der Waals surface area contributed by atoms with E-state index in [1.54, 1.807) is 24.7 Å². The molecule has 0 aliphatic carbocycles. The Hall–Kier alpha value is -3.25. The fourth-order valence-corrected chi connectivity index (χ4v) is 3.60. The van der Waals surface area contributed by atoms with E-state index in [-0.39, 0.29) is 11.9 Å². The van der Waals surface area contributed by atoms with Gasteiger partial charge in [-0.25, -0.2) is 4.98 Å². The number of benzene rings is 1. The summed E-state index contributed by atoms with van der Waals surface area (Å²) in [5.74, 6) is 0.671. The number of morpholine rings is 1. The third-order valence-corrected chi connectivity index (χ3v) is 5.52. The molecule has 6 nitrogen and oxygen atoms in total. The van der Waals surface area contributed by atoms with E-state index in [0.717, 1.165) is 30.0 Å². The minimum Gasteiger partial charge on any atom is -0.378 e. The van der Waals surface area contributed by atoms with Crippen LogP contribution < -0.4 is 10.2 Å². The number of carbonyl (C=O) groups excluding carboxylic acids is 1. The largest absolute Gasteiger partial charge is 0.378 e. The maximum Gasteiger partial charge on any atom is 0.252 e. The summed E-state index contributed by atoms with van der Waals surface area (Å²) in [5, 5.41) is 3.21. The summed E-state index contributed by atoms with van der Waals surface area (Å²) in [4.78, 5) is 23.9. The molecule has 154 valence electrons. The lowest BCUT2D eigenvalue weighted by Crippen LogP contribution is -2.37. The number of carbonyl (C=O) groups is 1. The standard InChI is InChI=1S/C24H26N4O2/c1-17-3-4-20(15-18(17)2)23(19-5-8-25-9-6-19)27-24(29)21-7-10-26-22(16-21)28-11-13-30-14-12-28/h3-10,15-16,23H,11-14H2,1-2H3,(H,27,29)/t23-/m1/s1. The summed E-state index contributed by atoms with van der Waals surface area (Å²) in [6.45, 7) is 7.08. The lowest BCUT2D eigenvalue weighted by atomic mass is 9.96. The number of aryl methyl sites for hydroxylation is 2. The Morgan fingerprint density at radius 3 is 2.47 bits per heavy atom. The molecule has 3 heterocycles. The van der Waals surface area contributed by atoms with Crippen LogP contribution in [0.25, 0.3) is 0 Å². The van der Waals surface area contributed by atoms with Crippen LogP contribution in [0.2, 0.25) is 0 Å². The quantitative estimate of drug-likeness (QED) is 0.708. The van der Waals surface area contributed by atoms with Gasteiger partial charge in [0.1, 0.15) is 5.82 Å². The van der Waals surface area contributed by atoms with E-state index >= 15 is 0 Å². The van der Waals surface area contributed by atoms with Gasteiger partial charge in [0.25, 0.3) is 5.91 Å². The smallest absolute Gasteiger partial charge is 0.252 e. The van der Waals surface area contributed by atoms with Gasteiger partial charge in [0.15, 0.2) is 0 Å². The summed E-state index contributed by atoms with van der Waals surface area (Å²) in [6.07, 6.45) is 5.19. The Balaban J connectivity index is 1.61. The van der Waals surface area contributed by atoms with E-state index in [0.29, 0.717) is 18.8 Å². The predicted octanol–water partition coefficient (Wildman–Crippen LogP) is 3.45. The maximum atomic E-state index is 13.2. The highest BCUT2D eigenvalue weighted by atomic mass is 16.5. The Bertz CT molecular complexity index is 1020. The van der Waals surface area contributed by atoms with Gasteiger partial charge in [-0.3, -0.25) is 9.78 Å². The molecule has 1 aromatic carbocycles. The lowest BCUT2D eigenvalue weighted by Gasteiger charge is -2.28. The molecular weight excluding hydrogens is 376 g/mol. The predicted molar refractivity (Wildman–Crippen MR) is 117 cm³/mol. The highest BCUT2D eigenvalue weighted by Gasteiger charge is 2.20. The third-order valence-electron chi connectivity index (χ3n) is 5.52. The molecule has 0 radical (unpaired) electrons. The molecule has 1 atom stereocenters. The number of anilines is 1. The van der Waals surface area contributed by atoms with Crippen LogP contribution in [-0.2, 0) is 4.74 Å². The minimum absolute atomic E-state index is 0.132. The van der Waals surface area contributed by atoms with E-state index in [1.807, 2.05) is 18.2 Å². The molecule has 1 N–H and O–H groups in total. The molecule has 6 heteroatoms. The number of amides is 1. The molecule has 1 saturated heterocycles. The van der Waals surface area contributed by atoms with Crippen molar-refractivity contribution in [2.24, 2.45) is 0 Å². The SMILES string of the molecule is Cc1ccc([C@H](NC(=O)c2ccnc(N3CCOCC3)c2)c2ccncc2)cc1C. The van der Waals surface area contributed by atoms with Gasteiger partial charge in [-0.1, -0.05) is 18.2 Å². The molecule has 1 fully saturated rings. The molecule has 0 unspecified atom stereocenters. The Labute approximate surface area is 176 Å². The molecule has 3 aromatic rings. The fourth-order valence-electron chi connectivity index (χ4n) is 3.60. The molecule has 30 heavy (non-hydrogen) atoms. The zero-order valence-electron chi connectivity index (χ0n) is 17.3. The molecule has 0 bridgehead atoms. The van der Waals surface area contributed by atoms with Crippen molar-refractivity contribution < 1.29 is 9.53 Å². The summed E-state index contributed by atoms with van der Waals surface area (Å²) in [7, 11) is 0. The van der Waals surface area contributed by atoms with Crippen molar-refractivity contribution in [1.82, 2.24) is 15.3 Å². The first-order chi connectivity index (χ1) is 14.6. The van der Waals surface area contributed by atoms with E-state index < -0.39 is 0 Å². The molecule has 0 spiro atoms. The van der Waals surface area contributed by atoms with Crippen molar-refractivity contribution in [1.29, 1.82) is 0 Å². The van der Waals surface area contributed by atoms with Gasteiger partial charge in [-0.2, -0.15) is 0 Å². The van der Waals surface area contributed by atoms with Crippen LogP contribution in [0.1, 0.15) is 38.7 Å². The zero-order valence-corrected chi connectivity index (χ0v) is 17.3. The van der Waals surface area contributed by atoms with Crippen LogP contribution in [0, 0.1) is 13.8 Å². The number of hydrogen-bond acceptors (Lipinski definition) is 5. The third kappa shape index (κ3) is 4.49. The lowest BCUT2D eigenvalue weighted by molar-refractivity contribution is 0.0943. The Morgan fingerprint density at radius 1 is 0.967 bits per heavy atom. The monoisotopic (exact) mass is 402 g/mol. The van der Waals surface area contributed by atoms with Gasteiger partial charge in [0, 0.05) is 37.2 Å². The summed E-state index contributed by atoms with van der Waals surface area (Å²) in [5.41, 5.74) is 5.04. The first-order valence-corrected chi connectivity index (χ1v) is 10.2. The zero-order chi connectivity index (χ0) is 20.9. The second-order valence-corrected chi connectivity index (χ2v) is 7.53. The first kappa shape index (κ1) is 20.0. The molecule has 1 aliphatic heterocycles. The molecule has 1 aliphatic rings. The van der Waals surface area contributed by atoms with Gasteiger partial charge >= 0.3 is 0 Å². The molecular formula is C24H26N4O2. The van der Waals surface area contributed by atoms with Gasteiger partial charge in [0.05, 0.1) is 19.3 Å². The maximum absolute atomic E-state index is 13.2. The van der Waals surface area contributed by atoms with Gasteiger partial charge in [-0.05, 0) is 60.4 Å². The summed E-state index contributed by atoms with van der Waals surface area (Å²) in [6, 6.07) is 13.5. The summed E-state index contributed by atoms with van der Waals surface area (Å²) < 4.78 is 5.41. The molecule has 0 saturated carbocycles. The van der Waals surface area contributed by atoms with E-state index in [9.17, 15) is 4.79 Å². The van der Waals surface area contributed by atoms with E-state index in [2.05, 4.69) is 52.2 Å². The van der Waals surface area contributed by atoms with Crippen molar-refractivity contribution in [3.05, 3.63) is 88.9 Å². The number of aromatic nitrogens is 2. The number of nitrogens with one attached hydrogen (secondary N) is 1. The fraction of sp³-hybridized carbons (Fsp3) is 0.292. The number of ether oxygens (including phenoxy) is 1. The van der Waals surface area contributed by atoms with Crippen LogP contribution in [0.4, 0.5) is 5.82 Å². The number of rotatable bonds is 5. The van der Waals surface area contributed by atoms with Gasteiger partial charge < -0.3 is 15.0 Å². The number of nitrogens with zero attached hydrogens (tertiary/aromatic N) is 3. The average molecular weight is 402 g/mol. The number of hydrogen-bond donors (Lipinski definition) is 1. The van der Waals surface area contributed by atoms with Gasteiger partial charge in [0.2, 0.25) is 0 Å². The second-order valence-electron chi connectivity index (χ2n) is 7.53. The number of pyridine rings is 2. The molecule has 1 amide bonds.